The minimum atomic E-state index is -0.794. The molecule has 3 rings (SSSR count). The zero-order valence-electron chi connectivity index (χ0n) is 17.7. The van der Waals surface area contributed by atoms with Crippen LogP contribution in [0, 0.1) is 5.92 Å². The van der Waals surface area contributed by atoms with E-state index in [0.717, 1.165) is 22.2 Å². The number of carbonyl (C=O) groups is 1. The van der Waals surface area contributed by atoms with E-state index in [1.54, 1.807) is 6.20 Å². The van der Waals surface area contributed by atoms with E-state index in [1.807, 2.05) is 68.6 Å². The lowest BCUT2D eigenvalue weighted by Crippen LogP contribution is -2.50. The predicted molar refractivity (Wildman–Crippen MR) is 121 cm³/mol. The van der Waals surface area contributed by atoms with Gasteiger partial charge in [0.05, 0.1) is 17.2 Å². The molecule has 7 heteroatoms. The van der Waals surface area contributed by atoms with Crippen molar-refractivity contribution >= 4 is 21.9 Å². The van der Waals surface area contributed by atoms with E-state index in [9.17, 15) is 4.79 Å². The quantitative estimate of drug-likeness (QED) is 0.465. The van der Waals surface area contributed by atoms with Crippen LogP contribution in [0.4, 0.5) is 0 Å². The lowest BCUT2D eigenvalue weighted by Gasteiger charge is -2.43. The van der Waals surface area contributed by atoms with Crippen LogP contribution in [0.5, 0.6) is 5.75 Å². The van der Waals surface area contributed by atoms with E-state index in [-0.39, 0.29) is 18.4 Å². The molecule has 0 saturated carbocycles. The van der Waals surface area contributed by atoms with Gasteiger partial charge in [-0.15, -0.1) is 0 Å². The molecule has 1 aliphatic rings. The van der Waals surface area contributed by atoms with E-state index < -0.39 is 17.9 Å². The summed E-state index contributed by atoms with van der Waals surface area (Å²) < 4.78 is 19.6. The molecule has 1 saturated heterocycles. The van der Waals surface area contributed by atoms with E-state index in [0.29, 0.717) is 13.0 Å². The average Bonchev–Trinajstić information content (AvgIpc) is 2.75. The number of para-hydroxylation sites is 1. The first-order chi connectivity index (χ1) is 14.9. The zero-order valence-corrected chi connectivity index (χ0v) is 19.3. The number of hydrogen-bond acceptors (Lipinski definition) is 5. The maximum atomic E-state index is 10.7. The fourth-order valence-corrected chi connectivity index (χ4v) is 3.85. The molecule has 0 spiro atoms. The van der Waals surface area contributed by atoms with Crippen LogP contribution in [0.15, 0.2) is 65.4 Å². The number of benzene rings is 1. The Bertz CT molecular complexity index is 887. The highest BCUT2D eigenvalue weighted by Gasteiger charge is 2.42. The monoisotopic (exact) mass is 489 g/mol. The van der Waals surface area contributed by atoms with Crippen LogP contribution in [-0.2, 0) is 14.3 Å². The molecule has 3 atom stereocenters. The van der Waals surface area contributed by atoms with Crippen molar-refractivity contribution in [3.63, 3.8) is 0 Å². The minimum absolute atomic E-state index is 0.0841. The second-order valence-corrected chi connectivity index (χ2v) is 8.90. The number of ether oxygens (including phenoxy) is 3. The second kappa shape index (κ2) is 10.9. The van der Waals surface area contributed by atoms with Gasteiger partial charge in [0.2, 0.25) is 0 Å². The molecule has 0 bridgehead atoms. The van der Waals surface area contributed by atoms with E-state index in [1.165, 1.54) is 0 Å². The summed E-state index contributed by atoms with van der Waals surface area (Å²) in [6.07, 6.45) is 8.04. The standard InChI is InChI=1S/C24H28BrNO5/c1-24(2,31-20-12-7-6-11-19(20)25)23-29-16-18(9-4-3-5-13-21(27)28)22(30-23)17-10-8-14-26-15-17/h3-4,6-8,10-12,14-15,18,22-23H,5,9,13,16H2,1-2H3,(H,27,28)/b4-3-/t18-,22-,23+/m1/s1. The normalized spacial score (nSPS) is 21.8. The summed E-state index contributed by atoms with van der Waals surface area (Å²) in [6, 6.07) is 11.6. The number of halogens is 1. The third-order valence-electron chi connectivity index (χ3n) is 5.08. The molecule has 0 amide bonds. The molecule has 1 aromatic heterocycles. The summed E-state index contributed by atoms with van der Waals surface area (Å²) >= 11 is 3.52. The molecule has 1 aromatic carbocycles. The number of carboxylic acid groups (broad SMARTS) is 1. The van der Waals surface area contributed by atoms with Crippen molar-refractivity contribution in [1.82, 2.24) is 4.98 Å². The molecular weight excluding hydrogens is 462 g/mol. The summed E-state index contributed by atoms with van der Waals surface area (Å²) in [6.45, 7) is 4.39. The van der Waals surface area contributed by atoms with E-state index in [2.05, 4.69) is 20.9 Å². The number of rotatable bonds is 9. The van der Waals surface area contributed by atoms with E-state index in [4.69, 9.17) is 19.3 Å². The van der Waals surface area contributed by atoms with Gasteiger partial charge in [-0.1, -0.05) is 30.4 Å². The zero-order chi connectivity index (χ0) is 22.3. The number of carboxylic acids is 1. The van der Waals surface area contributed by atoms with Crippen LogP contribution in [0.1, 0.15) is 44.8 Å². The van der Waals surface area contributed by atoms with Crippen molar-refractivity contribution in [2.45, 2.75) is 51.1 Å². The predicted octanol–water partition coefficient (Wildman–Crippen LogP) is 5.54. The van der Waals surface area contributed by atoms with Crippen LogP contribution in [0.25, 0.3) is 0 Å². The molecule has 31 heavy (non-hydrogen) atoms. The number of hydrogen-bond donors (Lipinski definition) is 1. The van der Waals surface area contributed by atoms with Gasteiger partial charge in [0, 0.05) is 24.7 Å². The highest BCUT2D eigenvalue weighted by molar-refractivity contribution is 9.10. The fraction of sp³-hybridized carbons (Fsp3) is 0.417. The molecule has 2 heterocycles. The van der Waals surface area contributed by atoms with Gasteiger partial charge in [0.25, 0.3) is 0 Å². The van der Waals surface area contributed by atoms with Crippen LogP contribution in [-0.4, -0.2) is 34.6 Å². The molecule has 0 radical (unpaired) electrons. The van der Waals surface area contributed by atoms with Crippen LogP contribution < -0.4 is 4.74 Å². The Balaban J connectivity index is 1.72. The number of allylic oxidation sites excluding steroid dienone is 2. The van der Waals surface area contributed by atoms with Crippen molar-refractivity contribution < 1.29 is 24.1 Å². The van der Waals surface area contributed by atoms with Gasteiger partial charge in [-0.2, -0.15) is 0 Å². The Morgan fingerprint density at radius 2 is 2.10 bits per heavy atom. The minimum Gasteiger partial charge on any atom is -0.481 e. The highest BCUT2D eigenvalue weighted by Crippen LogP contribution is 2.39. The largest absolute Gasteiger partial charge is 0.481 e. The van der Waals surface area contributed by atoms with Crippen molar-refractivity contribution in [2.24, 2.45) is 5.92 Å². The lowest BCUT2D eigenvalue weighted by atomic mass is 9.92. The number of aromatic nitrogens is 1. The summed E-state index contributed by atoms with van der Waals surface area (Å²) in [5.41, 5.74) is 0.253. The molecule has 0 aliphatic carbocycles. The number of nitrogens with zero attached hydrogens (tertiary/aromatic N) is 1. The third kappa shape index (κ3) is 6.63. The van der Waals surface area contributed by atoms with Gasteiger partial charge in [-0.25, -0.2) is 0 Å². The van der Waals surface area contributed by atoms with Crippen molar-refractivity contribution in [1.29, 1.82) is 0 Å². The van der Waals surface area contributed by atoms with Gasteiger partial charge >= 0.3 is 5.97 Å². The second-order valence-electron chi connectivity index (χ2n) is 8.04. The maximum absolute atomic E-state index is 10.7. The third-order valence-corrected chi connectivity index (χ3v) is 5.74. The van der Waals surface area contributed by atoms with Gasteiger partial charge < -0.3 is 19.3 Å². The average molecular weight is 490 g/mol. The first-order valence-electron chi connectivity index (χ1n) is 10.3. The SMILES string of the molecule is CC(C)(Oc1ccccc1Br)[C@H]1OC[C@@H](C/C=C\CCC(=O)O)[C@@H](c2cccnc2)O1. The van der Waals surface area contributed by atoms with Gasteiger partial charge in [-0.05, 0) is 66.4 Å². The molecule has 166 valence electrons. The molecule has 1 fully saturated rings. The Morgan fingerprint density at radius 3 is 2.81 bits per heavy atom. The van der Waals surface area contributed by atoms with Crippen molar-refractivity contribution in [3.05, 3.63) is 71.0 Å². The Labute approximate surface area is 191 Å². The summed E-state index contributed by atoms with van der Waals surface area (Å²) in [5.74, 6) is 0.0132. The summed E-state index contributed by atoms with van der Waals surface area (Å²) in [4.78, 5) is 14.9. The molecule has 1 aliphatic heterocycles. The summed E-state index contributed by atoms with van der Waals surface area (Å²) in [7, 11) is 0. The Hall–Kier alpha value is -2.22. The molecular formula is C24H28BrNO5. The highest BCUT2D eigenvalue weighted by atomic mass is 79.9. The maximum Gasteiger partial charge on any atom is 0.303 e. The fourth-order valence-electron chi connectivity index (χ4n) is 3.49. The molecule has 6 nitrogen and oxygen atoms in total. The van der Waals surface area contributed by atoms with E-state index >= 15 is 0 Å². The topological polar surface area (TPSA) is 77.9 Å². The van der Waals surface area contributed by atoms with Crippen molar-refractivity contribution in [2.75, 3.05) is 6.61 Å². The molecule has 0 unspecified atom stereocenters. The number of aliphatic carboxylic acids is 1. The molecule has 2 aromatic rings. The van der Waals surface area contributed by atoms with Gasteiger partial charge in [0.15, 0.2) is 11.9 Å². The summed E-state index contributed by atoms with van der Waals surface area (Å²) in [5, 5.41) is 8.78. The Morgan fingerprint density at radius 1 is 1.29 bits per heavy atom. The van der Waals surface area contributed by atoms with Gasteiger partial charge in [-0.3, -0.25) is 9.78 Å². The smallest absolute Gasteiger partial charge is 0.303 e. The number of pyridine rings is 1. The van der Waals surface area contributed by atoms with Crippen LogP contribution in [0.2, 0.25) is 0 Å². The molecule has 1 N–H and O–H groups in total. The lowest BCUT2D eigenvalue weighted by molar-refractivity contribution is -0.288. The van der Waals surface area contributed by atoms with Gasteiger partial charge in [0.1, 0.15) is 5.75 Å². The Kier molecular flexibility index (Phi) is 8.23. The van der Waals surface area contributed by atoms with Crippen LogP contribution >= 0.6 is 15.9 Å². The first kappa shape index (κ1) is 23.4. The van der Waals surface area contributed by atoms with Crippen molar-refractivity contribution in [3.8, 4) is 5.75 Å². The first-order valence-corrected chi connectivity index (χ1v) is 11.1. The van der Waals surface area contributed by atoms with Crippen LogP contribution in [0.3, 0.4) is 0 Å².